The minimum atomic E-state index is 0.253. The second-order valence-electron chi connectivity index (χ2n) is 4.79. The molecule has 0 aromatic rings. The van der Waals surface area contributed by atoms with Crippen molar-refractivity contribution in [2.24, 2.45) is 17.8 Å². The highest BCUT2D eigenvalue weighted by atomic mass is 16.5. The zero-order valence-corrected chi connectivity index (χ0v) is 8.63. The van der Waals surface area contributed by atoms with Crippen LogP contribution in [0.15, 0.2) is 0 Å². The lowest BCUT2D eigenvalue weighted by Crippen LogP contribution is -2.33. The average Bonchev–Trinajstić information content (AvgIpc) is 2.37. The van der Waals surface area contributed by atoms with Gasteiger partial charge in [-0.3, -0.25) is 0 Å². The van der Waals surface area contributed by atoms with Crippen LogP contribution in [0.4, 0.5) is 0 Å². The first-order chi connectivity index (χ1) is 5.60. The third-order valence-corrected chi connectivity index (χ3v) is 4.29. The fourth-order valence-corrected chi connectivity index (χ4v) is 3.73. The van der Waals surface area contributed by atoms with Gasteiger partial charge in [-0.25, -0.2) is 0 Å². The molecule has 0 aromatic heterocycles. The van der Waals surface area contributed by atoms with E-state index >= 15 is 0 Å². The van der Waals surface area contributed by atoms with E-state index in [1.54, 1.807) is 0 Å². The Morgan fingerprint density at radius 2 is 2.00 bits per heavy atom. The van der Waals surface area contributed by atoms with Crippen LogP contribution in [0, 0.1) is 17.8 Å². The van der Waals surface area contributed by atoms with Crippen LogP contribution in [0.3, 0.4) is 0 Å². The quantitative estimate of drug-likeness (QED) is 0.585. The van der Waals surface area contributed by atoms with E-state index in [2.05, 4.69) is 27.7 Å². The molecule has 1 saturated carbocycles. The summed E-state index contributed by atoms with van der Waals surface area (Å²) in [6, 6.07) is 0. The van der Waals surface area contributed by atoms with Crippen LogP contribution in [-0.4, -0.2) is 11.7 Å². The molecule has 1 saturated heterocycles. The van der Waals surface area contributed by atoms with E-state index in [-0.39, 0.29) is 5.60 Å². The van der Waals surface area contributed by atoms with Gasteiger partial charge in [0, 0.05) is 0 Å². The van der Waals surface area contributed by atoms with Gasteiger partial charge < -0.3 is 4.74 Å². The molecule has 0 aromatic carbocycles. The molecule has 0 N–H and O–H groups in total. The van der Waals surface area contributed by atoms with Crippen molar-refractivity contribution in [1.82, 2.24) is 0 Å². The summed E-state index contributed by atoms with van der Waals surface area (Å²) in [5, 5.41) is 0. The molecule has 1 aliphatic carbocycles. The van der Waals surface area contributed by atoms with Gasteiger partial charge in [0.1, 0.15) is 0 Å². The highest BCUT2D eigenvalue weighted by molar-refractivity contribution is 5.06. The molecule has 1 nitrogen and oxygen atoms in total. The second-order valence-corrected chi connectivity index (χ2v) is 4.79. The van der Waals surface area contributed by atoms with Crippen molar-refractivity contribution in [2.75, 3.05) is 0 Å². The van der Waals surface area contributed by atoms with Gasteiger partial charge in [0.05, 0.1) is 11.7 Å². The molecule has 1 heteroatoms. The minimum absolute atomic E-state index is 0.253. The zero-order chi connectivity index (χ0) is 8.93. The van der Waals surface area contributed by atoms with E-state index in [9.17, 15) is 0 Å². The minimum Gasteiger partial charge on any atom is -0.371 e. The summed E-state index contributed by atoms with van der Waals surface area (Å²) in [6.07, 6.45) is 2.99. The van der Waals surface area contributed by atoms with Crippen molar-refractivity contribution in [3.05, 3.63) is 0 Å². The third kappa shape index (κ3) is 0.834. The van der Waals surface area contributed by atoms with E-state index in [1.165, 1.54) is 12.8 Å². The second kappa shape index (κ2) is 2.47. The van der Waals surface area contributed by atoms with E-state index in [4.69, 9.17) is 4.74 Å². The van der Waals surface area contributed by atoms with Crippen LogP contribution in [0.1, 0.15) is 40.5 Å². The van der Waals surface area contributed by atoms with Gasteiger partial charge in [-0.2, -0.15) is 0 Å². The predicted molar refractivity (Wildman–Crippen MR) is 50.0 cm³/mol. The number of hydrogen-bond donors (Lipinski definition) is 0. The molecule has 2 aliphatic rings. The zero-order valence-electron chi connectivity index (χ0n) is 8.63. The molecule has 0 spiro atoms. The van der Waals surface area contributed by atoms with E-state index in [1.807, 2.05) is 0 Å². The molecule has 1 aliphatic heterocycles. The van der Waals surface area contributed by atoms with Crippen LogP contribution in [0.2, 0.25) is 0 Å². The predicted octanol–water partition coefficient (Wildman–Crippen LogP) is 2.85. The Labute approximate surface area is 75.5 Å². The van der Waals surface area contributed by atoms with Crippen molar-refractivity contribution in [1.29, 1.82) is 0 Å². The van der Waals surface area contributed by atoms with Crippen molar-refractivity contribution in [2.45, 2.75) is 52.2 Å². The summed E-state index contributed by atoms with van der Waals surface area (Å²) in [5.41, 5.74) is 0.253. The molecule has 70 valence electrons. The van der Waals surface area contributed by atoms with Crippen LogP contribution in [0.25, 0.3) is 0 Å². The maximum absolute atomic E-state index is 6.08. The van der Waals surface area contributed by atoms with E-state index < -0.39 is 0 Å². The fraction of sp³-hybridized carbons (Fsp3) is 1.00. The van der Waals surface area contributed by atoms with Crippen LogP contribution in [0.5, 0.6) is 0 Å². The molecule has 2 fully saturated rings. The Hall–Kier alpha value is -0.0400. The monoisotopic (exact) mass is 168 g/mol. The number of rotatable bonds is 1. The summed E-state index contributed by atoms with van der Waals surface area (Å²) >= 11 is 0. The molecule has 0 amide bonds. The summed E-state index contributed by atoms with van der Waals surface area (Å²) < 4.78 is 6.08. The molecule has 5 atom stereocenters. The Bertz CT molecular complexity index is 175. The van der Waals surface area contributed by atoms with Gasteiger partial charge in [0.2, 0.25) is 0 Å². The lowest BCUT2D eigenvalue weighted by molar-refractivity contribution is -0.0840. The molecule has 12 heavy (non-hydrogen) atoms. The molecule has 1 unspecified atom stereocenters. The SMILES string of the molecule is CC[C@]12CC(C)[C@@H]([C@H](C)O1)[C@H]2C. The highest BCUT2D eigenvalue weighted by Crippen LogP contribution is 2.56. The smallest absolute Gasteiger partial charge is 0.0715 e. The first-order valence-electron chi connectivity index (χ1n) is 5.28. The van der Waals surface area contributed by atoms with Crippen LogP contribution in [-0.2, 0) is 4.74 Å². The number of fused-ring (bicyclic) bond motifs is 2. The number of ether oxygens (including phenoxy) is 1. The molecule has 1 heterocycles. The highest BCUT2D eigenvalue weighted by Gasteiger charge is 2.58. The van der Waals surface area contributed by atoms with E-state index in [0.717, 1.165) is 17.8 Å². The topological polar surface area (TPSA) is 9.23 Å². The van der Waals surface area contributed by atoms with Gasteiger partial charge in [0.25, 0.3) is 0 Å². The molecule has 2 bridgehead atoms. The summed E-state index contributed by atoms with van der Waals surface area (Å²) in [7, 11) is 0. The Balaban J connectivity index is 2.28. The first-order valence-corrected chi connectivity index (χ1v) is 5.28. The standard InChI is InChI=1S/C11H20O/c1-5-11-6-7(2)10(8(11)3)9(4)12-11/h7-10H,5-6H2,1-4H3/t7?,8-,9+,10-,11-/m1/s1. The van der Waals surface area contributed by atoms with E-state index in [0.29, 0.717) is 6.10 Å². The summed E-state index contributed by atoms with van der Waals surface area (Å²) in [4.78, 5) is 0. The molecular formula is C11H20O. The van der Waals surface area contributed by atoms with Gasteiger partial charge in [-0.15, -0.1) is 0 Å². The average molecular weight is 168 g/mol. The third-order valence-electron chi connectivity index (χ3n) is 4.29. The van der Waals surface area contributed by atoms with Crippen LogP contribution >= 0.6 is 0 Å². The Morgan fingerprint density at radius 1 is 1.33 bits per heavy atom. The first kappa shape index (κ1) is 8.55. The lowest BCUT2D eigenvalue weighted by atomic mass is 9.86. The normalized spacial score (nSPS) is 58.0. The van der Waals surface area contributed by atoms with Gasteiger partial charge in [-0.1, -0.05) is 20.8 Å². The van der Waals surface area contributed by atoms with Crippen molar-refractivity contribution < 1.29 is 4.74 Å². The molecular weight excluding hydrogens is 148 g/mol. The largest absolute Gasteiger partial charge is 0.371 e. The van der Waals surface area contributed by atoms with Crippen LogP contribution < -0.4 is 0 Å². The number of hydrogen-bond acceptors (Lipinski definition) is 1. The van der Waals surface area contributed by atoms with Gasteiger partial charge in [-0.05, 0) is 37.5 Å². The maximum Gasteiger partial charge on any atom is 0.0715 e. The Morgan fingerprint density at radius 3 is 2.33 bits per heavy atom. The maximum atomic E-state index is 6.08. The van der Waals surface area contributed by atoms with Gasteiger partial charge >= 0.3 is 0 Å². The summed E-state index contributed by atoms with van der Waals surface area (Å²) in [5.74, 6) is 2.49. The van der Waals surface area contributed by atoms with Crippen molar-refractivity contribution in [3.8, 4) is 0 Å². The summed E-state index contributed by atoms with van der Waals surface area (Å²) in [6.45, 7) is 9.27. The lowest BCUT2D eigenvalue weighted by Gasteiger charge is -2.32. The fourth-order valence-electron chi connectivity index (χ4n) is 3.73. The van der Waals surface area contributed by atoms with Gasteiger partial charge in [0.15, 0.2) is 0 Å². The molecule has 2 rings (SSSR count). The Kier molecular flexibility index (Phi) is 1.76. The van der Waals surface area contributed by atoms with Crippen molar-refractivity contribution >= 4 is 0 Å². The van der Waals surface area contributed by atoms with Crippen molar-refractivity contribution in [3.63, 3.8) is 0 Å². The molecule has 0 radical (unpaired) electrons.